The van der Waals surface area contributed by atoms with Crippen LogP contribution in [0.4, 0.5) is 17.6 Å². The highest BCUT2D eigenvalue weighted by Gasteiger charge is 2.36. The number of piperazine rings is 1. The van der Waals surface area contributed by atoms with Crippen LogP contribution in [0.25, 0.3) is 0 Å². The molecule has 8 heteroatoms. The van der Waals surface area contributed by atoms with E-state index in [1.54, 1.807) is 4.90 Å². The van der Waals surface area contributed by atoms with Crippen molar-refractivity contribution in [2.24, 2.45) is 0 Å². The Bertz CT molecular complexity index is 478. The highest BCUT2D eigenvalue weighted by atomic mass is 35.5. The van der Waals surface area contributed by atoms with Crippen molar-refractivity contribution in [2.75, 3.05) is 33.3 Å². The van der Waals surface area contributed by atoms with Gasteiger partial charge in [-0.05, 0) is 17.7 Å². The Morgan fingerprint density at radius 1 is 1.27 bits per heavy atom. The van der Waals surface area contributed by atoms with E-state index in [2.05, 4.69) is 5.32 Å². The molecule has 0 spiro atoms. The maximum atomic E-state index is 13.8. The Labute approximate surface area is 133 Å². The number of nitrogens with one attached hydrogen (secondary N) is 1. The molecule has 1 aliphatic heterocycles. The van der Waals surface area contributed by atoms with Crippen LogP contribution in [0.15, 0.2) is 18.2 Å². The molecule has 1 fully saturated rings. The molecule has 1 saturated heterocycles. The first-order valence-electron chi connectivity index (χ1n) is 6.75. The summed E-state index contributed by atoms with van der Waals surface area (Å²) in [5, 5.41) is 3.10. The SMILES string of the molecule is COc1ccc([C@H](CC(F)(F)F)N2CCNCC2)cc1F.Cl. The lowest BCUT2D eigenvalue weighted by molar-refractivity contribution is -0.148. The molecule has 0 aromatic heterocycles. The number of hydrogen-bond donors (Lipinski definition) is 1. The molecular weight excluding hydrogens is 324 g/mol. The molecule has 0 unspecified atom stereocenters. The zero-order valence-corrected chi connectivity index (χ0v) is 12.9. The molecule has 0 aliphatic carbocycles. The van der Waals surface area contributed by atoms with E-state index >= 15 is 0 Å². The number of halogens is 5. The molecule has 3 nitrogen and oxygen atoms in total. The van der Waals surface area contributed by atoms with Crippen molar-refractivity contribution in [2.45, 2.75) is 18.6 Å². The van der Waals surface area contributed by atoms with E-state index in [0.717, 1.165) is 6.07 Å². The van der Waals surface area contributed by atoms with Gasteiger partial charge in [0.2, 0.25) is 0 Å². The van der Waals surface area contributed by atoms with Crippen molar-refractivity contribution in [3.63, 3.8) is 0 Å². The molecule has 0 radical (unpaired) electrons. The molecule has 126 valence electrons. The molecule has 1 aliphatic rings. The molecule has 0 saturated carbocycles. The van der Waals surface area contributed by atoms with Gasteiger partial charge in [-0.15, -0.1) is 12.4 Å². The fourth-order valence-corrected chi connectivity index (χ4v) is 2.56. The van der Waals surface area contributed by atoms with Crippen molar-refractivity contribution >= 4 is 12.4 Å². The lowest BCUT2D eigenvalue weighted by Crippen LogP contribution is -2.46. The quantitative estimate of drug-likeness (QED) is 0.851. The zero-order valence-electron chi connectivity index (χ0n) is 12.1. The standard InChI is InChI=1S/C14H18F4N2O.ClH/c1-21-13-3-2-10(8-11(13)15)12(9-14(16,17)18)20-6-4-19-5-7-20;/h2-3,8,12,19H,4-7,9H2,1H3;1H/t12-;/m0./s1. The minimum absolute atomic E-state index is 0. The average molecular weight is 343 g/mol. The van der Waals surface area contributed by atoms with Crippen LogP contribution in [0.5, 0.6) is 5.75 Å². The van der Waals surface area contributed by atoms with Gasteiger partial charge in [-0.25, -0.2) is 4.39 Å². The van der Waals surface area contributed by atoms with E-state index in [0.29, 0.717) is 31.7 Å². The predicted molar refractivity (Wildman–Crippen MR) is 78.1 cm³/mol. The van der Waals surface area contributed by atoms with Gasteiger partial charge in [-0.1, -0.05) is 6.07 Å². The van der Waals surface area contributed by atoms with Crippen LogP contribution in [0, 0.1) is 5.82 Å². The number of hydrogen-bond acceptors (Lipinski definition) is 3. The van der Waals surface area contributed by atoms with E-state index in [4.69, 9.17) is 4.74 Å². The van der Waals surface area contributed by atoms with Crippen LogP contribution in [0.1, 0.15) is 18.0 Å². The first kappa shape index (κ1) is 19.0. The maximum Gasteiger partial charge on any atom is 0.390 e. The third-order valence-corrected chi connectivity index (χ3v) is 3.58. The summed E-state index contributed by atoms with van der Waals surface area (Å²) in [5.41, 5.74) is 0.326. The number of nitrogens with zero attached hydrogens (tertiary/aromatic N) is 1. The third-order valence-electron chi connectivity index (χ3n) is 3.58. The van der Waals surface area contributed by atoms with Crippen LogP contribution < -0.4 is 10.1 Å². The van der Waals surface area contributed by atoms with Crippen LogP contribution in [-0.4, -0.2) is 44.4 Å². The Morgan fingerprint density at radius 3 is 2.41 bits per heavy atom. The summed E-state index contributed by atoms with van der Waals surface area (Å²) in [6.45, 7) is 2.28. The molecule has 1 aromatic carbocycles. The van der Waals surface area contributed by atoms with Gasteiger partial charge in [0.25, 0.3) is 0 Å². The highest BCUT2D eigenvalue weighted by Crippen LogP contribution is 2.35. The molecule has 1 aromatic rings. The Hall–Kier alpha value is -1.05. The van der Waals surface area contributed by atoms with Crippen molar-refractivity contribution in [3.8, 4) is 5.75 Å². The summed E-state index contributed by atoms with van der Waals surface area (Å²) in [5.74, 6) is -0.609. The largest absolute Gasteiger partial charge is 0.494 e. The van der Waals surface area contributed by atoms with Crippen molar-refractivity contribution in [3.05, 3.63) is 29.6 Å². The topological polar surface area (TPSA) is 24.5 Å². The number of benzene rings is 1. The van der Waals surface area contributed by atoms with Gasteiger partial charge >= 0.3 is 6.18 Å². The first-order chi connectivity index (χ1) is 9.90. The van der Waals surface area contributed by atoms with Crippen LogP contribution in [0.3, 0.4) is 0 Å². The van der Waals surface area contributed by atoms with Crippen molar-refractivity contribution in [1.82, 2.24) is 10.2 Å². The van der Waals surface area contributed by atoms with E-state index in [-0.39, 0.29) is 18.2 Å². The minimum atomic E-state index is -4.30. The second-order valence-corrected chi connectivity index (χ2v) is 5.02. The molecular formula is C14H19ClF4N2O. The maximum absolute atomic E-state index is 13.8. The van der Waals surface area contributed by atoms with E-state index < -0.39 is 24.5 Å². The lowest BCUT2D eigenvalue weighted by atomic mass is 10.0. The van der Waals surface area contributed by atoms with Crippen LogP contribution in [-0.2, 0) is 0 Å². The van der Waals surface area contributed by atoms with Crippen LogP contribution in [0.2, 0.25) is 0 Å². The van der Waals surface area contributed by atoms with Crippen molar-refractivity contribution < 1.29 is 22.3 Å². The van der Waals surface area contributed by atoms with E-state index in [1.807, 2.05) is 0 Å². The summed E-state index contributed by atoms with van der Waals surface area (Å²) in [6.07, 6.45) is -5.29. The minimum Gasteiger partial charge on any atom is -0.494 e. The van der Waals surface area contributed by atoms with Crippen molar-refractivity contribution in [1.29, 1.82) is 0 Å². The molecule has 1 atom stereocenters. The van der Waals surface area contributed by atoms with Gasteiger partial charge in [-0.3, -0.25) is 4.90 Å². The van der Waals surface area contributed by atoms with Gasteiger partial charge < -0.3 is 10.1 Å². The Morgan fingerprint density at radius 2 is 1.91 bits per heavy atom. The zero-order chi connectivity index (χ0) is 15.5. The van der Waals surface area contributed by atoms with Gasteiger partial charge in [0.1, 0.15) is 0 Å². The lowest BCUT2D eigenvalue weighted by Gasteiger charge is -2.35. The molecule has 0 amide bonds. The molecule has 1 N–H and O–H groups in total. The molecule has 22 heavy (non-hydrogen) atoms. The van der Waals surface area contributed by atoms with Crippen LogP contribution >= 0.6 is 12.4 Å². The number of rotatable bonds is 4. The summed E-state index contributed by atoms with van der Waals surface area (Å²) in [4.78, 5) is 1.74. The smallest absolute Gasteiger partial charge is 0.390 e. The third kappa shape index (κ3) is 5.00. The molecule has 2 rings (SSSR count). The summed E-state index contributed by atoms with van der Waals surface area (Å²) in [7, 11) is 1.32. The Balaban J connectivity index is 0.00000242. The van der Waals surface area contributed by atoms with Gasteiger partial charge in [0.05, 0.1) is 13.5 Å². The second kappa shape index (κ2) is 7.99. The monoisotopic (exact) mass is 342 g/mol. The van der Waals surface area contributed by atoms with E-state index in [9.17, 15) is 17.6 Å². The highest BCUT2D eigenvalue weighted by molar-refractivity contribution is 5.85. The average Bonchev–Trinajstić information content (AvgIpc) is 2.45. The van der Waals surface area contributed by atoms with E-state index in [1.165, 1.54) is 19.2 Å². The van der Waals surface area contributed by atoms with Gasteiger partial charge in [-0.2, -0.15) is 13.2 Å². The number of methoxy groups -OCH3 is 1. The molecule has 1 heterocycles. The van der Waals surface area contributed by atoms with Gasteiger partial charge in [0.15, 0.2) is 11.6 Å². The Kier molecular flexibility index (Phi) is 6.90. The predicted octanol–water partition coefficient (Wildman–Crippen LogP) is 3.15. The normalized spacial score (nSPS) is 17.7. The van der Waals surface area contributed by atoms with Gasteiger partial charge in [0, 0.05) is 32.2 Å². The molecule has 0 bridgehead atoms. The summed E-state index contributed by atoms with van der Waals surface area (Å²) < 4.78 is 57.1. The second-order valence-electron chi connectivity index (χ2n) is 5.02. The number of alkyl halides is 3. The summed E-state index contributed by atoms with van der Waals surface area (Å²) in [6, 6.07) is 3.14. The fourth-order valence-electron chi connectivity index (χ4n) is 2.56. The number of ether oxygens (including phenoxy) is 1. The summed E-state index contributed by atoms with van der Waals surface area (Å²) >= 11 is 0. The first-order valence-corrected chi connectivity index (χ1v) is 6.75. The fraction of sp³-hybridized carbons (Fsp3) is 0.571.